The number of sulfonamides is 1. The Hall–Kier alpha value is -1.60. The SMILES string of the molecule is CNc1cc(C)c(S(=O)(=O)NCCNC(C)=O)c(C)c1. The number of aryl methyl sites for hydroxylation is 2. The molecule has 6 nitrogen and oxygen atoms in total. The first-order valence-electron chi connectivity index (χ1n) is 6.31. The Morgan fingerprint density at radius 2 is 1.70 bits per heavy atom. The first-order valence-corrected chi connectivity index (χ1v) is 7.79. The van der Waals surface area contributed by atoms with E-state index in [2.05, 4.69) is 15.4 Å². The molecule has 112 valence electrons. The van der Waals surface area contributed by atoms with Crippen molar-refractivity contribution in [2.75, 3.05) is 25.5 Å². The van der Waals surface area contributed by atoms with Crippen molar-refractivity contribution in [1.82, 2.24) is 10.0 Å². The second kappa shape index (κ2) is 6.71. The summed E-state index contributed by atoms with van der Waals surface area (Å²) in [6.07, 6.45) is 0. The van der Waals surface area contributed by atoms with Gasteiger partial charge < -0.3 is 10.6 Å². The van der Waals surface area contributed by atoms with Crippen LogP contribution in [0.3, 0.4) is 0 Å². The van der Waals surface area contributed by atoms with Crippen molar-refractivity contribution < 1.29 is 13.2 Å². The third-order valence-electron chi connectivity index (χ3n) is 2.81. The van der Waals surface area contributed by atoms with Gasteiger partial charge in [0.1, 0.15) is 0 Å². The van der Waals surface area contributed by atoms with E-state index in [0.29, 0.717) is 16.0 Å². The molecule has 0 saturated carbocycles. The fraction of sp³-hybridized carbons (Fsp3) is 0.462. The highest BCUT2D eigenvalue weighted by atomic mass is 32.2. The molecule has 0 bridgehead atoms. The molecule has 0 spiro atoms. The zero-order valence-corrected chi connectivity index (χ0v) is 13.0. The van der Waals surface area contributed by atoms with Crippen LogP contribution in [0.25, 0.3) is 0 Å². The van der Waals surface area contributed by atoms with Gasteiger partial charge in [-0.25, -0.2) is 13.1 Å². The number of amides is 1. The Balaban J connectivity index is 2.90. The van der Waals surface area contributed by atoms with E-state index in [4.69, 9.17) is 0 Å². The number of rotatable bonds is 6. The van der Waals surface area contributed by atoms with E-state index in [-0.39, 0.29) is 19.0 Å². The van der Waals surface area contributed by atoms with Crippen molar-refractivity contribution in [2.24, 2.45) is 0 Å². The molecular formula is C13H21N3O3S. The summed E-state index contributed by atoms with van der Waals surface area (Å²) in [6, 6.07) is 3.57. The van der Waals surface area contributed by atoms with Crippen molar-refractivity contribution in [3.05, 3.63) is 23.3 Å². The third-order valence-corrected chi connectivity index (χ3v) is 4.57. The molecule has 0 heterocycles. The quantitative estimate of drug-likeness (QED) is 0.677. The van der Waals surface area contributed by atoms with Crippen molar-refractivity contribution in [2.45, 2.75) is 25.7 Å². The first kappa shape index (κ1) is 16.5. The Kier molecular flexibility index (Phi) is 5.52. The average Bonchev–Trinajstić information content (AvgIpc) is 2.33. The molecule has 0 radical (unpaired) electrons. The van der Waals surface area contributed by atoms with Crippen LogP contribution in [0, 0.1) is 13.8 Å². The van der Waals surface area contributed by atoms with Crippen molar-refractivity contribution in [3.8, 4) is 0 Å². The summed E-state index contributed by atoms with van der Waals surface area (Å²) >= 11 is 0. The summed E-state index contributed by atoms with van der Waals surface area (Å²) in [6.45, 7) is 5.33. The molecular weight excluding hydrogens is 278 g/mol. The molecule has 3 N–H and O–H groups in total. The minimum Gasteiger partial charge on any atom is -0.388 e. The minimum atomic E-state index is -3.57. The second-order valence-electron chi connectivity index (χ2n) is 4.57. The molecule has 0 aliphatic rings. The molecule has 1 aromatic carbocycles. The maximum absolute atomic E-state index is 12.3. The monoisotopic (exact) mass is 299 g/mol. The van der Waals surface area contributed by atoms with Crippen LogP contribution < -0.4 is 15.4 Å². The van der Waals surface area contributed by atoms with E-state index in [0.717, 1.165) is 5.69 Å². The van der Waals surface area contributed by atoms with Gasteiger partial charge in [-0.2, -0.15) is 0 Å². The number of carbonyl (C=O) groups excluding carboxylic acids is 1. The molecule has 0 fully saturated rings. The average molecular weight is 299 g/mol. The normalized spacial score (nSPS) is 11.2. The lowest BCUT2D eigenvalue weighted by Gasteiger charge is -2.14. The third kappa shape index (κ3) is 4.21. The van der Waals surface area contributed by atoms with E-state index in [1.807, 2.05) is 0 Å². The molecule has 0 aromatic heterocycles. The Morgan fingerprint density at radius 1 is 1.15 bits per heavy atom. The van der Waals surface area contributed by atoms with Crippen LogP contribution in [0.4, 0.5) is 5.69 Å². The molecule has 1 amide bonds. The minimum absolute atomic E-state index is 0.161. The molecule has 1 rings (SSSR count). The Bertz CT molecular complexity index is 574. The lowest BCUT2D eigenvalue weighted by atomic mass is 10.1. The molecule has 0 atom stereocenters. The standard InChI is InChI=1S/C13H21N3O3S/c1-9-7-12(14-4)8-10(2)13(9)20(18,19)16-6-5-15-11(3)17/h7-8,14,16H,5-6H2,1-4H3,(H,15,17). The number of benzene rings is 1. The molecule has 1 aromatic rings. The summed E-state index contributed by atoms with van der Waals surface area (Å²) in [5, 5.41) is 5.53. The second-order valence-corrected chi connectivity index (χ2v) is 6.27. The van der Waals surface area contributed by atoms with Gasteiger partial charge in [0.15, 0.2) is 0 Å². The van der Waals surface area contributed by atoms with Crippen LogP contribution in [0.2, 0.25) is 0 Å². The van der Waals surface area contributed by atoms with Gasteiger partial charge in [0.05, 0.1) is 4.90 Å². The van der Waals surface area contributed by atoms with E-state index in [1.165, 1.54) is 6.92 Å². The highest BCUT2D eigenvalue weighted by Gasteiger charge is 2.19. The largest absolute Gasteiger partial charge is 0.388 e. The van der Waals surface area contributed by atoms with Gasteiger partial charge >= 0.3 is 0 Å². The predicted molar refractivity (Wildman–Crippen MR) is 79.3 cm³/mol. The van der Waals surface area contributed by atoms with Gasteiger partial charge in [0, 0.05) is 32.7 Å². The summed E-state index contributed by atoms with van der Waals surface area (Å²) in [4.78, 5) is 11.0. The molecule has 20 heavy (non-hydrogen) atoms. The fourth-order valence-electron chi connectivity index (χ4n) is 2.01. The van der Waals surface area contributed by atoms with Gasteiger partial charge in [0.25, 0.3) is 0 Å². The van der Waals surface area contributed by atoms with Crippen LogP contribution in [-0.4, -0.2) is 34.5 Å². The Labute approximate surface area is 120 Å². The lowest BCUT2D eigenvalue weighted by molar-refractivity contribution is -0.118. The number of carbonyl (C=O) groups is 1. The number of nitrogens with one attached hydrogen (secondary N) is 3. The first-order chi connectivity index (χ1) is 9.27. The summed E-state index contributed by atoms with van der Waals surface area (Å²) in [5.41, 5.74) is 2.24. The van der Waals surface area contributed by atoms with Gasteiger partial charge in [0.2, 0.25) is 15.9 Å². The van der Waals surface area contributed by atoms with Crippen molar-refractivity contribution in [3.63, 3.8) is 0 Å². The van der Waals surface area contributed by atoms with Crippen molar-refractivity contribution in [1.29, 1.82) is 0 Å². The topological polar surface area (TPSA) is 87.3 Å². The predicted octanol–water partition coefficient (Wildman–Crippen LogP) is 0.760. The molecule has 0 aliphatic heterocycles. The van der Waals surface area contributed by atoms with E-state index in [1.54, 1.807) is 33.0 Å². The van der Waals surface area contributed by atoms with Crippen molar-refractivity contribution >= 4 is 21.6 Å². The van der Waals surface area contributed by atoms with Crippen LogP contribution in [0.5, 0.6) is 0 Å². The number of hydrogen-bond acceptors (Lipinski definition) is 4. The Morgan fingerprint density at radius 3 is 2.15 bits per heavy atom. The smallest absolute Gasteiger partial charge is 0.241 e. The van der Waals surface area contributed by atoms with E-state index >= 15 is 0 Å². The van der Waals surface area contributed by atoms with Gasteiger partial charge in [-0.3, -0.25) is 4.79 Å². The zero-order chi connectivity index (χ0) is 15.3. The molecule has 0 saturated heterocycles. The molecule has 0 unspecified atom stereocenters. The molecule has 0 aliphatic carbocycles. The summed E-state index contributed by atoms with van der Waals surface area (Å²) < 4.78 is 27.0. The highest BCUT2D eigenvalue weighted by Crippen LogP contribution is 2.23. The zero-order valence-electron chi connectivity index (χ0n) is 12.2. The fourth-order valence-corrected chi connectivity index (χ4v) is 3.50. The number of hydrogen-bond donors (Lipinski definition) is 3. The number of anilines is 1. The van der Waals surface area contributed by atoms with Gasteiger partial charge in [-0.05, 0) is 37.1 Å². The lowest BCUT2D eigenvalue weighted by Crippen LogP contribution is -2.34. The maximum atomic E-state index is 12.3. The van der Waals surface area contributed by atoms with E-state index in [9.17, 15) is 13.2 Å². The van der Waals surface area contributed by atoms with Gasteiger partial charge in [-0.15, -0.1) is 0 Å². The van der Waals surface area contributed by atoms with Crippen LogP contribution in [0.15, 0.2) is 17.0 Å². The molecule has 7 heteroatoms. The van der Waals surface area contributed by atoms with E-state index < -0.39 is 10.0 Å². The van der Waals surface area contributed by atoms with Gasteiger partial charge in [-0.1, -0.05) is 0 Å². The highest BCUT2D eigenvalue weighted by molar-refractivity contribution is 7.89. The summed E-state index contributed by atoms with van der Waals surface area (Å²) in [7, 11) is -1.79. The van der Waals surface area contributed by atoms with Crippen LogP contribution in [0.1, 0.15) is 18.1 Å². The van der Waals surface area contributed by atoms with Crippen LogP contribution >= 0.6 is 0 Å². The summed E-state index contributed by atoms with van der Waals surface area (Å²) in [5.74, 6) is -0.185. The van der Waals surface area contributed by atoms with Crippen LogP contribution in [-0.2, 0) is 14.8 Å². The maximum Gasteiger partial charge on any atom is 0.241 e.